The number of carbonyl (C=O) groups excluding carboxylic acids is 1. The minimum absolute atomic E-state index is 0.0181. The molecule has 0 unspecified atom stereocenters. The monoisotopic (exact) mass is 365 g/mol. The first-order chi connectivity index (χ1) is 13.0. The Bertz CT molecular complexity index is 886. The van der Waals surface area contributed by atoms with Gasteiger partial charge in [0.2, 0.25) is 11.7 Å². The van der Waals surface area contributed by atoms with E-state index in [0.717, 1.165) is 12.0 Å². The molecule has 1 N–H and O–H groups in total. The lowest BCUT2D eigenvalue weighted by Crippen LogP contribution is -2.28. The molecule has 0 aliphatic carbocycles. The summed E-state index contributed by atoms with van der Waals surface area (Å²) in [7, 11) is 0. The molecule has 3 rings (SSSR count). The second-order valence-corrected chi connectivity index (χ2v) is 6.39. The molecule has 0 saturated heterocycles. The van der Waals surface area contributed by atoms with Crippen LogP contribution in [0.4, 0.5) is 0 Å². The fraction of sp³-hybridized carbons (Fsp3) is 0.286. The lowest BCUT2D eigenvalue weighted by atomic mass is 10.0. The summed E-state index contributed by atoms with van der Waals surface area (Å²) in [5.74, 6) is 1.51. The van der Waals surface area contributed by atoms with Crippen molar-refractivity contribution in [3.8, 4) is 5.75 Å². The lowest BCUT2D eigenvalue weighted by Gasteiger charge is -2.18. The molecular formula is C21H23N3O3. The summed E-state index contributed by atoms with van der Waals surface area (Å²) in [6, 6.07) is 15.2. The maximum Gasteiger partial charge on any atom is 0.251 e. The van der Waals surface area contributed by atoms with Crippen molar-refractivity contribution >= 4 is 5.91 Å². The third-order valence-electron chi connectivity index (χ3n) is 4.25. The van der Waals surface area contributed by atoms with E-state index in [1.54, 1.807) is 31.2 Å². The molecule has 0 spiro atoms. The van der Waals surface area contributed by atoms with Crippen molar-refractivity contribution in [3.05, 3.63) is 76.9 Å². The van der Waals surface area contributed by atoms with Crippen molar-refractivity contribution in [2.45, 2.75) is 39.8 Å². The first-order valence-electron chi connectivity index (χ1n) is 8.94. The number of rotatable bonds is 7. The summed E-state index contributed by atoms with van der Waals surface area (Å²) < 4.78 is 10.5. The third kappa shape index (κ3) is 4.94. The van der Waals surface area contributed by atoms with Gasteiger partial charge in [-0.05, 0) is 43.2 Å². The molecule has 27 heavy (non-hydrogen) atoms. The molecule has 2 aromatic carbocycles. The number of aromatic nitrogens is 2. The van der Waals surface area contributed by atoms with E-state index < -0.39 is 0 Å². The van der Waals surface area contributed by atoms with Crippen LogP contribution < -0.4 is 10.1 Å². The van der Waals surface area contributed by atoms with E-state index in [2.05, 4.69) is 46.6 Å². The minimum Gasteiger partial charge on any atom is -0.485 e. The quantitative estimate of drug-likeness (QED) is 0.681. The van der Waals surface area contributed by atoms with Gasteiger partial charge in [0.05, 0.1) is 6.04 Å². The number of carbonyl (C=O) groups is 1. The second-order valence-electron chi connectivity index (χ2n) is 6.39. The molecule has 6 nitrogen and oxygen atoms in total. The zero-order chi connectivity index (χ0) is 19.2. The molecule has 0 aliphatic rings. The van der Waals surface area contributed by atoms with E-state index in [4.69, 9.17) is 9.26 Å². The van der Waals surface area contributed by atoms with Crippen LogP contribution in [0.5, 0.6) is 5.75 Å². The number of nitrogens with one attached hydrogen (secondary N) is 1. The molecule has 0 aliphatic heterocycles. The molecular weight excluding hydrogens is 342 g/mol. The highest BCUT2D eigenvalue weighted by Crippen LogP contribution is 2.19. The lowest BCUT2D eigenvalue weighted by molar-refractivity contribution is 0.0935. The van der Waals surface area contributed by atoms with Crippen LogP contribution in [0, 0.1) is 13.8 Å². The summed E-state index contributed by atoms with van der Waals surface area (Å²) in [5, 5.41) is 6.86. The van der Waals surface area contributed by atoms with Crippen LogP contribution in [0.1, 0.15) is 52.6 Å². The summed E-state index contributed by atoms with van der Waals surface area (Å²) in [6.07, 6.45) is 0.820. The zero-order valence-corrected chi connectivity index (χ0v) is 15.7. The number of benzene rings is 2. The Kier molecular flexibility index (Phi) is 5.86. The van der Waals surface area contributed by atoms with Gasteiger partial charge in [-0.1, -0.05) is 41.9 Å². The van der Waals surface area contributed by atoms with Gasteiger partial charge in [0.25, 0.3) is 5.91 Å². The normalized spacial score (nSPS) is 11.8. The number of hydrogen-bond acceptors (Lipinski definition) is 5. The Morgan fingerprint density at radius 2 is 1.81 bits per heavy atom. The molecule has 3 aromatic rings. The fourth-order valence-electron chi connectivity index (χ4n) is 2.71. The summed E-state index contributed by atoms with van der Waals surface area (Å²) >= 11 is 0. The van der Waals surface area contributed by atoms with Crippen molar-refractivity contribution in [1.29, 1.82) is 0 Å². The van der Waals surface area contributed by atoms with Gasteiger partial charge in [0, 0.05) is 12.5 Å². The predicted molar refractivity (Wildman–Crippen MR) is 101 cm³/mol. The van der Waals surface area contributed by atoms with Crippen LogP contribution in [0.2, 0.25) is 0 Å². The van der Waals surface area contributed by atoms with Crippen LogP contribution >= 0.6 is 0 Å². The summed E-state index contributed by atoms with van der Waals surface area (Å²) in [4.78, 5) is 16.6. The molecule has 0 radical (unpaired) electrons. The van der Waals surface area contributed by atoms with E-state index >= 15 is 0 Å². The SMILES string of the molecule is CC[C@@H](NC(=O)c1ccc(OCc2noc(C)n2)cc1)c1ccc(C)cc1. The van der Waals surface area contributed by atoms with Crippen molar-refractivity contribution in [2.24, 2.45) is 0 Å². The molecule has 140 valence electrons. The number of nitrogens with zero attached hydrogens (tertiary/aromatic N) is 2. The van der Waals surface area contributed by atoms with Gasteiger partial charge in [0.15, 0.2) is 6.61 Å². The number of amides is 1. The first kappa shape index (κ1) is 18.6. The maximum atomic E-state index is 12.6. The Morgan fingerprint density at radius 3 is 2.41 bits per heavy atom. The Balaban J connectivity index is 1.60. The average molecular weight is 365 g/mol. The van der Waals surface area contributed by atoms with Gasteiger partial charge in [-0.25, -0.2) is 0 Å². The van der Waals surface area contributed by atoms with Gasteiger partial charge in [-0.2, -0.15) is 4.98 Å². The Morgan fingerprint density at radius 1 is 1.11 bits per heavy atom. The highest BCUT2D eigenvalue weighted by atomic mass is 16.5. The molecule has 6 heteroatoms. The number of ether oxygens (including phenoxy) is 1. The molecule has 0 saturated carbocycles. The van der Waals surface area contributed by atoms with E-state index in [1.165, 1.54) is 5.56 Å². The van der Waals surface area contributed by atoms with E-state index in [-0.39, 0.29) is 18.6 Å². The van der Waals surface area contributed by atoms with Crippen molar-refractivity contribution in [2.75, 3.05) is 0 Å². The average Bonchev–Trinajstić information content (AvgIpc) is 3.11. The smallest absolute Gasteiger partial charge is 0.251 e. The molecule has 1 heterocycles. The third-order valence-corrected chi connectivity index (χ3v) is 4.25. The van der Waals surface area contributed by atoms with E-state index in [1.807, 2.05) is 6.92 Å². The maximum absolute atomic E-state index is 12.6. The Labute approximate surface area is 158 Å². The number of aryl methyl sites for hydroxylation is 2. The molecule has 1 atom stereocenters. The second kappa shape index (κ2) is 8.49. The topological polar surface area (TPSA) is 77.2 Å². The Hall–Kier alpha value is -3.15. The highest BCUT2D eigenvalue weighted by Gasteiger charge is 2.14. The van der Waals surface area contributed by atoms with E-state index in [9.17, 15) is 4.79 Å². The van der Waals surface area contributed by atoms with Gasteiger partial charge in [-0.3, -0.25) is 4.79 Å². The first-order valence-corrected chi connectivity index (χ1v) is 8.94. The largest absolute Gasteiger partial charge is 0.485 e. The molecule has 0 bridgehead atoms. The fourth-order valence-corrected chi connectivity index (χ4v) is 2.71. The zero-order valence-electron chi connectivity index (χ0n) is 15.7. The summed E-state index contributed by atoms with van der Waals surface area (Å²) in [5.41, 5.74) is 2.89. The van der Waals surface area contributed by atoms with Crippen LogP contribution in [0.15, 0.2) is 53.1 Å². The predicted octanol–water partition coefficient (Wildman–Crippen LogP) is 4.15. The molecule has 1 amide bonds. The van der Waals surface area contributed by atoms with Gasteiger partial charge in [-0.15, -0.1) is 0 Å². The minimum atomic E-state index is -0.109. The van der Waals surface area contributed by atoms with Crippen molar-refractivity contribution in [1.82, 2.24) is 15.5 Å². The van der Waals surface area contributed by atoms with Gasteiger partial charge in [0.1, 0.15) is 5.75 Å². The van der Waals surface area contributed by atoms with Crippen molar-refractivity contribution in [3.63, 3.8) is 0 Å². The van der Waals surface area contributed by atoms with Crippen LogP contribution in [-0.4, -0.2) is 16.0 Å². The number of hydrogen-bond donors (Lipinski definition) is 1. The van der Waals surface area contributed by atoms with Crippen LogP contribution in [-0.2, 0) is 6.61 Å². The van der Waals surface area contributed by atoms with Gasteiger partial charge >= 0.3 is 0 Å². The van der Waals surface area contributed by atoms with Crippen LogP contribution in [0.25, 0.3) is 0 Å². The van der Waals surface area contributed by atoms with Crippen LogP contribution in [0.3, 0.4) is 0 Å². The molecule has 1 aromatic heterocycles. The standard InChI is InChI=1S/C21H23N3O3/c1-4-19(16-7-5-14(2)6-8-16)23-21(25)17-9-11-18(12-10-17)26-13-20-22-15(3)27-24-20/h5-12,19H,4,13H2,1-3H3,(H,23,25)/t19-/m1/s1. The van der Waals surface area contributed by atoms with E-state index in [0.29, 0.717) is 23.0 Å². The van der Waals surface area contributed by atoms with Gasteiger partial charge < -0.3 is 14.6 Å². The summed E-state index contributed by atoms with van der Waals surface area (Å²) in [6.45, 7) is 6.05. The highest BCUT2D eigenvalue weighted by molar-refractivity contribution is 5.94. The van der Waals surface area contributed by atoms with Crippen molar-refractivity contribution < 1.29 is 14.1 Å². The molecule has 0 fully saturated rings.